The Bertz CT molecular complexity index is 324. The zero-order valence-electron chi connectivity index (χ0n) is 8.90. The highest BCUT2D eigenvalue weighted by molar-refractivity contribution is 5.72. The Balaban J connectivity index is 2.66. The first-order chi connectivity index (χ1) is 7.13. The van der Waals surface area contributed by atoms with Crippen LogP contribution in [0.15, 0.2) is 18.3 Å². The first kappa shape index (κ1) is 11.5. The minimum atomic E-state index is -0.862. The van der Waals surface area contributed by atoms with E-state index in [9.17, 15) is 4.79 Å². The van der Waals surface area contributed by atoms with Gasteiger partial charge >= 0.3 is 5.97 Å². The van der Waals surface area contributed by atoms with Crippen LogP contribution < -0.4 is 10.2 Å². The molecule has 1 rings (SSSR count). The van der Waals surface area contributed by atoms with Gasteiger partial charge in [-0.2, -0.15) is 0 Å². The molecule has 0 saturated carbocycles. The third-order valence-corrected chi connectivity index (χ3v) is 1.95. The molecule has 0 spiro atoms. The Morgan fingerprint density at radius 2 is 2.33 bits per heavy atom. The number of rotatable bonds is 5. The van der Waals surface area contributed by atoms with Crippen molar-refractivity contribution in [2.75, 3.05) is 25.5 Å². The van der Waals surface area contributed by atoms with Crippen molar-refractivity contribution in [3.63, 3.8) is 0 Å². The van der Waals surface area contributed by atoms with Gasteiger partial charge in [0, 0.05) is 19.8 Å². The average molecular weight is 209 g/mol. The van der Waals surface area contributed by atoms with E-state index in [1.807, 2.05) is 19.2 Å². The predicted octanol–water partition coefficient (Wildman–Crippen LogP) is 0.322. The predicted molar refractivity (Wildman–Crippen MR) is 57.9 cm³/mol. The lowest BCUT2D eigenvalue weighted by Gasteiger charge is -2.15. The highest BCUT2D eigenvalue weighted by Gasteiger charge is 2.06. The molecular formula is C10H15N3O2. The number of pyridine rings is 1. The number of aliphatic carboxylic acids is 1. The van der Waals surface area contributed by atoms with E-state index in [0.29, 0.717) is 5.82 Å². The number of hydrogen-bond donors (Lipinski definition) is 2. The Hall–Kier alpha value is -1.62. The molecule has 0 radical (unpaired) electrons. The average Bonchev–Trinajstić information content (AvgIpc) is 2.18. The topological polar surface area (TPSA) is 65.5 Å². The molecule has 5 heteroatoms. The fraction of sp³-hybridized carbons (Fsp3) is 0.400. The standard InChI is InChI=1S/C10H15N3O2/c1-11-5-8-3-4-9(12-6-8)13(2)7-10(14)15/h3-4,6,11H,5,7H2,1-2H3,(H,14,15). The molecule has 0 saturated heterocycles. The van der Waals surface area contributed by atoms with Gasteiger partial charge in [0.25, 0.3) is 0 Å². The summed E-state index contributed by atoms with van der Waals surface area (Å²) in [5, 5.41) is 11.6. The number of carboxylic acid groups (broad SMARTS) is 1. The van der Waals surface area contributed by atoms with Crippen molar-refractivity contribution in [2.45, 2.75) is 6.54 Å². The molecule has 0 fully saturated rings. The lowest BCUT2D eigenvalue weighted by molar-refractivity contribution is -0.135. The van der Waals surface area contributed by atoms with Crippen LogP contribution in [0, 0.1) is 0 Å². The maximum atomic E-state index is 10.5. The van der Waals surface area contributed by atoms with Crippen LogP contribution in [0.25, 0.3) is 0 Å². The van der Waals surface area contributed by atoms with Crippen LogP contribution in [-0.4, -0.2) is 36.7 Å². The van der Waals surface area contributed by atoms with Crippen molar-refractivity contribution in [3.05, 3.63) is 23.9 Å². The van der Waals surface area contributed by atoms with Gasteiger partial charge in [-0.1, -0.05) is 6.07 Å². The van der Waals surface area contributed by atoms with Gasteiger partial charge in [-0.15, -0.1) is 0 Å². The third-order valence-electron chi connectivity index (χ3n) is 1.95. The number of hydrogen-bond acceptors (Lipinski definition) is 4. The van der Waals surface area contributed by atoms with Crippen LogP contribution in [0.2, 0.25) is 0 Å². The highest BCUT2D eigenvalue weighted by atomic mass is 16.4. The Morgan fingerprint density at radius 3 is 2.80 bits per heavy atom. The summed E-state index contributed by atoms with van der Waals surface area (Å²) >= 11 is 0. The fourth-order valence-electron chi connectivity index (χ4n) is 1.24. The molecule has 0 bridgehead atoms. The monoisotopic (exact) mass is 209 g/mol. The summed E-state index contributed by atoms with van der Waals surface area (Å²) in [6.07, 6.45) is 1.74. The van der Waals surface area contributed by atoms with E-state index >= 15 is 0 Å². The molecule has 0 aliphatic carbocycles. The van der Waals surface area contributed by atoms with Crippen molar-refractivity contribution in [3.8, 4) is 0 Å². The molecule has 1 aromatic rings. The Morgan fingerprint density at radius 1 is 1.60 bits per heavy atom. The van der Waals surface area contributed by atoms with Gasteiger partial charge in [-0.3, -0.25) is 4.79 Å². The number of nitrogens with one attached hydrogen (secondary N) is 1. The van der Waals surface area contributed by atoms with Gasteiger partial charge in [0.05, 0.1) is 0 Å². The van der Waals surface area contributed by atoms with Gasteiger partial charge in [0.2, 0.25) is 0 Å². The lowest BCUT2D eigenvalue weighted by atomic mass is 10.3. The zero-order chi connectivity index (χ0) is 11.3. The second kappa shape index (κ2) is 5.31. The van der Waals surface area contributed by atoms with Gasteiger partial charge in [-0.25, -0.2) is 4.98 Å². The van der Waals surface area contributed by atoms with Crippen molar-refractivity contribution < 1.29 is 9.90 Å². The molecule has 0 amide bonds. The van der Waals surface area contributed by atoms with Crippen LogP contribution >= 0.6 is 0 Å². The minimum Gasteiger partial charge on any atom is -0.480 e. The van der Waals surface area contributed by atoms with Gasteiger partial charge in [-0.05, 0) is 18.7 Å². The highest BCUT2D eigenvalue weighted by Crippen LogP contribution is 2.08. The number of carbonyl (C=O) groups is 1. The summed E-state index contributed by atoms with van der Waals surface area (Å²) in [4.78, 5) is 16.2. The van der Waals surface area contributed by atoms with Crippen LogP contribution in [0.1, 0.15) is 5.56 Å². The van der Waals surface area contributed by atoms with Crippen LogP contribution in [0.3, 0.4) is 0 Å². The van der Waals surface area contributed by atoms with Crippen molar-refractivity contribution in [1.82, 2.24) is 10.3 Å². The molecular weight excluding hydrogens is 194 g/mol. The lowest BCUT2D eigenvalue weighted by Crippen LogP contribution is -2.25. The molecule has 0 unspecified atom stereocenters. The summed E-state index contributed by atoms with van der Waals surface area (Å²) < 4.78 is 0. The molecule has 2 N–H and O–H groups in total. The number of nitrogens with zero attached hydrogens (tertiary/aromatic N) is 2. The second-order valence-corrected chi connectivity index (χ2v) is 3.30. The van der Waals surface area contributed by atoms with Gasteiger partial charge in [0.15, 0.2) is 0 Å². The van der Waals surface area contributed by atoms with E-state index in [2.05, 4.69) is 10.3 Å². The van der Waals surface area contributed by atoms with Crippen molar-refractivity contribution >= 4 is 11.8 Å². The molecule has 15 heavy (non-hydrogen) atoms. The maximum Gasteiger partial charge on any atom is 0.323 e. The Labute approximate surface area is 88.7 Å². The molecule has 0 aliphatic rings. The number of carboxylic acids is 1. The van der Waals surface area contributed by atoms with Crippen LogP contribution in [0.4, 0.5) is 5.82 Å². The minimum absolute atomic E-state index is 0.0433. The van der Waals surface area contributed by atoms with Crippen molar-refractivity contribution in [1.29, 1.82) is 0 Å². The molecule has 0 aliphatic heterocycles. The first-order valence-electron chi connectivity index (χ1n) is 4.66. The largest absolute Gasteiger partial charge is 0.480 e. The van der Waals surface area contributed by atoms with Gasteiger partial charge in [0.1, 0.15) is 12.4 Å². The van der Waals surface area contributed by atoms with Crippen LogP contribution in [0.5, 0.6) is 0 Å². The van der Waals surface area contributed by atoms with Crippen molar-refractivity contribution in [2.24, 2.45) is 0 Å². The molecule has 5 nitrogen and oxygen atoms in total. The molecule has 0 aromatic carbocycles. The van der Waals surface area contributed by atoms with Crippen LogP contribution in [-0.2, 0) is 11.3 Å². The number of likely N-dealkylation sites (N-methyl/N-ethyl adjacent to an activating group) is 1. The molecule has 1 heterocycles. The normalized spacial score (nSPS) is 10.0. The SMILES string of the molecule is CNCc1ccc(N(C)CC(=O)O)nc1. The smallest absolute Gasteiger partial charge is 0.323 e. The fourth-order valence-corrected chi connectivity index (χ4v) is 1.24. The number of aromatic nitrogens is 1. The van der Waals surface area contributed by atoms with E-state index in [1.54, 1.807) is 18.1 Å². The van der Waals surface area contributed by atoms with E-state index in [-0.39, 0.29) is 6.54 Å². The van der Waals surface area contributed by atoms with E-state index in [1.165, 1.54) is 0 Å². The number of anilines is 1. The molecule has 82 valence electrons. The summed E-state index contributed by atoms with van der Waals surface area (Å²) in [5.74, 6) is -0.198. The third kappa shape index (κ3) is 3.55. The quantitative estimate of drug-likeness (QED) is 0.731. The summed E-state index contributed by atoms with van der Waals surface area (Å²) in [7, 11) is 3.57. The zero-order valence-corrected chi connectivity index (χ0v) is 8.90. The maximum absolute atomic E-state index is 10.5. The molecule has 0 atom stereocenters. The van der Waals surface area contributed by atoms with E-state index in [4.69, 9.17) is 5.11 Å². The van der Waals surface area contributed by atoms with E-state index < -0.39 is 5.97 Å². The summed E-state index contributed by atoms with van der Waals surface area (Å²) in [6.45, 7) is 0.717. The summed E-state index contributed by atoms with van der Waals surface area (Å²) in [6, 6.07) is 3.74. The molecule has 1 aromatic heterocycles. The first-order valence-corrected chi connectivity index (χ1v) is 4.66. The van der Waals surface area contributed by atoms with Gasteiger partial charge < -0.3 is 15.3 Å². The Kier molecular flexibility index (Phi) is 4.05. The van der Waals surface area contributed by atoms with E-state index in [0.717, 1.165) is 12.1 Å². The second-order valence-electron chi connectivity index (χ2n) is 3.30. The summed E-state index contributed by atoms with van der Waals surface area (Å²) in [5.41, 5.74) is 1.07.